The first-order valence-electron chi connectivity index (χ1n) is 10.1. The topological polar surface area (TPSA) is 108 Å². The third kappa shape index (κ3) is 3.45. The lowest BCUT2D eigenvalue weighted by atomic mass is 9.95. The Kier molecular flexibility index (Phi) is 4.97. The van der Waals surface area contributed by atoms with E-state index in [1.807, 2.05) is 19.9 Å². The van der Waals surface area contributed by atoms with Gasteiger partial charge in [-0.2, -0.15) is 0 Å². The molecule has 2 fully saturated rings. The molecule has 2 aromatic rings. The monoisotopic (exact) mass is 399 g/mol. The molecule has 3 amide bonds. The van der Waals surface area contributed by atoms with E-state index in [-0.39, 0.29) is 48.6 Å². The summed E-state index contributed by atoms with van der Waals surface area (Å²) < 4.78 is 1.48. The molecule has 0 unspecified atom stereocenters. The molecule has 9 nitrogen and oxygen atoms in total. The second-order valence-electron chi connectivity index (χ2n) is 7.79. The van der Waals surface area contributed by atoms with Crippen molar-refractivity contribution in [2.75, 3.05) is 19.6 Å². The molecule has 0 radical (unpaired) electrons. The maximum atomic E-state index is 12.7. The van der Waals surface area contributed by atoms with E-state index in [0.29, 0.717) is 30.7 Å². The zero-order valence-electron chi connectivity index (χ0n) is 16.7. The van der Waals surface area contributed by atoms with Crippen LogP contribution in [0.25, 0.3) is 5.65 Å². The number of piperidine rings is 1. The number of H-pyrrole nitrogens is 1. The number of likely N-dealkylation sites (tertiary alicyclic amines) is 2. The Hall–Kier alpha value is -2.97. The highest BCUT2D eigenvalue weighted by atomic mass is 16.2. The maximum absolute atomic E-state index is 12.7. The Morgan fingerprint density at radius 3 is 2.66 bits per heavy atom. The molecule has 1 N–H and O–H groups in total. The number of hydrogen-bond acceptors (Lipinski definition) is 5. The summed E-state index contributed by atoms with van der Waals surface area (Å²) in [6, 6.07) is 1.88. The molecule has 1 atom stereocenters. The standard InChI is InChI=1S/C20H25N5O4/c1-3-14-12(2)21-16-9-15(22-25(16)20(14)29)13-5-4-8-23(10-13)19(28)11-24-17(26)6-7-18(24)27/h9,13,22H,3-8,10-11H2,1-2H3/t13-/m1/s1. The number of rotatable bonds is 4. The lowest BCUT2D eigenvalue weighted by molar-refractivity contribution is -0.146. The average Bonchev–Trinajstić information content (AvgIpc) is 3.27. The van der Waals surface area contributed by atoms with Gasteiger partial charge in [0.15, 0.2) is 5.65 Å². The highest BCUT2D eigenvalue weighted by Crippen LogP contribution is 2.27. The van der Waals surface area contributed by atoms with E-state index in [1.165, 1.54) is 4.52 Å². The molecule has 29 heavy (non-hydrogen) atoms. The van der Waals surface area contributed by atoms with Crippen LogP contribution in [0.2, 0.25) is 0 Å². The van der Waals surface area contributed by atoms with Crippen LogP contribution in [-0.4, -0.2) is 61.8 Å². The minimum atomic E-state index is -0.278. The number of aromatic amines is 1. The van der Waals surface area contributed by atoms with Crippen LogP contribution in [0.3, 0.4) is 0 Å². The van der Waals surface area contributed by atoms with Crippen LogP contribution in [0, 0.1) is 6.92 Å². The predicted octanol–water partition coefficient (Wildman–Crippen LogP) is 0.748. The van der Waals surface area contributed by atoms with E-state index in [2.05, 4.69) is 10.1 Å². The van der Waals surface area contributed by atoms with Crippen molar-refractivity contribution in [3.05, 3.63) is 33.4 Å². The van der Waals surface area contributed by atoms with Crippen LogP contribution >= 0.6 is 0 Å². The summed E-state index contributed by atoms with van der Waals surface area (Å²) in [6.45, 7) is 4.67. The fourth-order valence-corrected chi connectivity index (χ4v) is 4.30. The molecular weight excluding hydrogens is 374 g/mol. The van der Waals surface area contributed by atoms with Gasteiger partial charge in [0.25, 0.3) is 5.56 Å². The SMILES string of the molecule is CCc1c(C)nc2cc([C@@H]3CCCN(C(=O)CN4C(=O)CCC4=O)C3)[nH]n2c1=O. The molecule has 2 aromatic heterocycles. The second-order valence-corrected chi connectivity index (χ2v) is 7.79. The first-order chi connectivity index (χ1) is 13.9. The van der Waals surface area contributed by atoms with Gasteiger partial charge in [0.05, 0.1) is 0 Å². The van der Waals surface area contributed by atoms with Gasteiger partial charge in [0.1, 0.15) is 6.54 Å². The maximum Gasteiger partial charge on any atom is 0.276 e. The number of aryl methyl sites for hydroxylation is 1. The van der Waals surface area contributed by atoms with E-state index >= 15 is 0 Å². The molecule has 0 bridgehead atoms. The molecule has 2 aliphatic heterocycles. The Morgan fingerprint density at radius 1 is 1.24 bits per heavy atom. The van der Waals surface area contributed by atoms with Gasteiger partial charge in [0, 0.05) is 54.9 Å². The largest absolute Gasteiger partial charge is 0.340 e. The molecule has 9 heteroatoms. The minimum absolute atomic E-state index is 0.0455. The number of aromatic nitrogens is 3. The minimum Gasteiger partial charge on any atom is -0.340 e. The van der Waals surface area contributed by atoms with Crippen LogP contribution in [0.4, 0.5) is 0 Å². The number of carbonyl (C=O) groups is 3. The molecule has 0 aromatic carbocycles. The molecule has 0 aliphatic carbocycles. The quantitative estimate of drug-likeness (QED) is 0.764. The fourth-order valence-electron chi connectivity index (χ4n) is 4.30. The van der Waals surface area contributed by atoms with E-state index in [4.69, 9.17) is 0 Å². The summed E-state index contributed by atoms with van der Waals surface area (Å²) in [5.41, 5.74) is 2.79. The summed E-state index contributed by atoms with van der Waals surface area (Å²) in [5.74, 6) is -0.724. The molecule has 2 saturated heterocycles. The Morgan fingerprint density at radius 2 is 1.97 bits per heavy atom. The second kappa shape index (κ2) is 7.46. The van der Waals surface area contributed by atoms with Crippen molar-refractivity contribution in [3.8, 4) is 0 Å². The highest BCUT2D eigenvalue weighted by molar-refractivity contribution is 6.04. The third-order valence-corrected chi connectivity index (χ3v) is 5.95. The van der Waals surface area contributed by atoms with Crippen LogP contribution in [0.15, 0.2) is 10.9 Å². The van der Waals surface area contributed by atoms with Gasteiger partial charge < -0.3 is 4.90 Å². The van der Waals surface area contributed by atoms with Gasteiger partial charge in [-0.05, 0) is 26.2 Å². The highest BCUT2D eigenvalue weighted by Gasteiger charge is 2.33. The summed E-state index contributed by atoms with van der Waals surface area (Å²) >= 11 is 0. The van der Waals surface area contributed by atoms with E-state index in [9.17, 15) is 19.2 Å². The van der Waals surface area contributed by atoms with Crippen LogP contribution in [0.1, 0.15) is 55.5 Å². The molecule has 2 aliphatic rings. The predicted molar refractivity (Wildman–Crippen MR) is 104 cm³/mol. The first-order valence-corrected chi connectivity index (χ1v) is 10.1. The number of imide groups is 1. The molecule has 0 saturated carbocycles. The zero-order valence-corrected chi connectivity index (χ0v) is 16.7. The van der Waals surface area contributed by atoms with Gasteiger partial charge in [0.2, 0.25) is 17.7 Å². The van der Waals surface area contributed by atoms with E-state index in [1.54, 1.807) is 4.90 Å². The number of fused-ring (bicyclic) bond motifs is 1. The molecular formula is C20H25N5O4. The normalized spacial score (nSPS) is 20.1. The molecule has 4 rings (SSSR count). The van der Waals surface area contributed by atoms with Crippen molar-refractivity contribution in [2.45, 2.75) is 51.9 Å². The van der Waals surface area contributed by atoms with Gasteiger partial charge in [-0.3, -0.25) is 29.2 Å². The lowest BCUT2D eigenvalue weighted by Crippen LogP contribution is -2.46. The number of hydrogen-bond donors (Lipinski definition) is 1. The summed E-state index contributed by atoms with van der Waals surface area (Å²) in [5, 5.41) is 3.17. The molecule has 4 heterocycles. The summed E-state index contributed by atoms with van der Waals surface area (Å²) in [4.78, 5) is 56.2. The Balaban J connectivity index is 1.53. The third-order valence-electron chi connectivity index (χ3n) is 5.95. The van der Waals surface area contributed by atoms with Crippen LogP contribution < -0.4 is 5.56 Å². The van der Waals surface area contributed by atoms with Crippen molar-refractivity contribution in [1.82, 2.24) is 24.4 Å². The van der Waals surface area contributed by atoms with Gasteiger partial charge in [-0.1, -0.05) is 6.92 Å². The van der Waals surface area contributed by atoms with Crippen LogP contribution in [-0.2, 0) is 20.8 Å². The lowest BCUT2D eigenvalue weighted by Gasteiger charge is -2.33. The van der Waals surface area contributed by atoms with Gasteiger partial charge in [-0.25, -0.2) is 9.50 Å². The van der Waals surface area contributed by atoms with Crippen LogP contribution in [0.5, 0.6) is 0 Å². The molecule has 0 spiro atoms. The summed E-state index contributed by atoms with van der Waals surface area (Å²) in [6.07, 6.45) is 2.69. The van der Waals surface area contributed by atoms with E-state index < -0.39 is 0 Å². The number of nitrogens with zero attached hydrogens (tertiary/aromatic N) is 4. The van der Waals surface area contributed by atoms with Crippen molar-refractivity contribution in [1.29, 1.82) is 0 Å². The number of nitrogens with one attached hydrogen (secondary N) is 1. The molecule has 154 valence electrons. The smallest absolute Gasteiger partial charge is 0.276 e. The van der Waals surface area contributed by atoms with Crippen molar-refractivity contribution >= 4 is 23.4 Å². The van der Waals surface area contributed by atoms with Crippen molar-refractivity contribution in [2.24, 2.45) is 0 Å². The van der Waals surface area contributed by atoms with Crippen molar-refractivity contribution in [3.63, 3.8) is 0 Å². The Labute approximate surface area is 167 Å². The van der Waals surface area contributed by atoms with Gasteiger partial charge >= 0.3 is 0 Å². The zero-order chi connectivity index (χ0) is 20.7. The Bertz CT molecular complexity index is 1040. The fraction of sp³-hybridized carbons (Fsp3) is 0.550. The van der Waals surface area contributed by atoms with Gasteiger partial charge in [-0.15, -0.1) is 0 Å². The number of carbonyl (C=O) groups excluding carboxylic acids is 3. The first kappa shape index (κ1) is 19.4. The van der Waals surface area contributed by atoms with E-state index in [0.717, 1.165) is 29.1 Å². The van der Waals surface area contributed by atoms with Crippen molar-refractivity contribution < 1.29 is 14.4 Å². The average molecular weight is 399 g/mol. The summed E-state index contributed by atoms with van der Waals surface area (Å²) in [7, 11) is 0. The number of amides is 3.